The largest absolute Gasteiger partial charge is 0.486 e. The molecule has 1 N–H and O–H groups in total. The number of nitrogens with zero attached hydrogens (tertiary/aromatic N) is 2. The molecule has 1 atom stereocenters. The zero-order valence-corrected chi connectivity index (χ0v) is 14.1. The third kappa shape index (κ3) is 3.37. The van der Waals surface area contributed by atoms with Crippen LogP contribution in [-0.4, -0.2) is 35.3 Å². The van der Waals surface area contributed by atoms with Crippen LogP contribution in [0.4, 0.5) is 0 Å². The lowest BCUT2D eigenvalue weighted by molar-refractivity contribution is 0.0789. The zero-order valence-electron chi connectivity index (χ0n) is 14.1. The first-order valence-corrected chi connectivity index (χ1v) is 8.26. The van der Waals surface area contributed by atoms with Gasteiger partial charge in [0.15, 0.2) is 17.3 Å². The van der Waals surface area contributed by atoms with E-state index in [2.05, 4.69) is 15.5 Å². The molecule has 3 aromatic rings. The maximum atomic E-state index is 12.3. The van der Waals surface area contributed by atoms with Gasteiger partial charge in [0.25, 0.3) is 11.8 Å². The Bertz CT molecular complexity index is 921. The number of fused-ring (bicyclic) bond motifs is 1. The minimum absolute atomic E-state index is 0.180. The van der Waals surface area contributed by atoms with Crippen molar-refractivity contribution in [2.75, 3.05) is 13.2 Å². The highest BCUT2D eigenvalue weighted by Gasteiger charge is 2.21. The van der Waals surface area contributed by atoms with Gasteiger partial charge >= 0.3 is 0 Å². The van der Waals surface area contributed by atoms with Crippen molar-refractivity contribution in [3.05, 3.63) is 59.9 Å². The van der Waals surface area contributed by atoms with Crippen LogP contribution in [0.25, 0.3) is 11.5 Å². The summed E-state index contributed by atoms with van der Waals surface area (Å²) in [6, 6.07) is 14.5. The molecule has 0 aliphatic carbocycles. The smallest absolute Gasteiger partial charge is 0.257 e. The average molecular weight is 351 g/mol. The van der Waals surface area contributed by atoms with Gasteiger partial charge in [-0.25, -0.2) is 0 Å². The first-order valence-electron chi connectivity index (χ1n) is 8.26. The number of hydrogen-bond donors (Lipinski definition) is 1. The normalized spacial score (nSPS) is 15.5. The summed E-state index contributed by atoms with van der Waals surface area (Å²) >= 11 is 0. The lowest BCUT2D eigenvalue weighted by Crippen LogP contribution is -2.40. The molecule has 2 heterocycles. The fourth-order valence-electron chi connectivity index (χ4n) is 2.65. The van der Waals surface area contributed by atoms with Gasteiger partial charge in [-0.2, -0.15) is 4.98 Å². The molecule has 7 nitrogen and oxygen atoms in total. The van der Waals surface area contributed by atoms with Gasteiger partial charge in [0, 0.05) is 11.1 Å². The fraction of sp³-hybridized carbons (Fsp3) is 0.211. The van der Waals surface area contributed by atoms with Crippen LogP contribution in [0.1, 0.15) is 16.2 Å². The van der Waals surface area contributed by atoms with Gasteiger partial charge in [-0.3, -0.25) is 4.79 Å². The van der Waals surface area contributed by atoms with Crippen LogP contribution < -0.4 is 14.8 Å². The highest BCUT2D eigenvalue weighted by atomic mass is 16.6. The van der Waals surface area contributed by atoms with Crippen molar-refractivity contribution < 1.29 is 18.8 Å². The molecule has 26 heavy (non-hydrogen) atoms. The van der Waals surface area contributed by atoms with Crippen LogP contribution in [0.5, 0.6) is 11.5 Å². The number of nitrogens with one attached hydrogen (secondary N) is 1. The van der Waals surface area contributed by atoms with Crippen molar-refractivity contribution >= 4 is 5.91 Å². The standard InChI is InChI=1S/C19H17N3O4/c1-12-21-19(26-22-12)14-8-6-13(7-9-14)18(23)20-10-15-11-24-16-4-2-3-5-17(16)25-15/h2-9,15H,10-11H2,1H3,(H,20,23). The van der Waals surface area contributed by atoms with Crippen molar-refractivity contribution in [1.29, 1.82) is 0 Å². The summed E-state index contributed by atoms with van der Waals surface area (Å²) in [5.74, 6) is 2.24. The SMILES string of the molecule is Cc1noc(-c2ccc(C(=O)NCC3COc4ccccc4O3)cc2)n1. The molecule has 7 heteroatoms. The summed E-state index contributed by atoms with van der Waals surface area (Å²) in [6.45, 7) is 2.51. The number of ether oxygens (including phenoxy) is 2. The number of rotatable bonds is 4. The van der Waals surface area contributed by atoms with E-state index < -0.39 is 0 Å². The Morgan fingerprint density at radius 1 is 1.15 bits per heavy atom. The number of aryl methyl sites for hydroxylation is 1. The highest BCUT2D eigenvalue weighted by molar-refractivity contribution is 5.94. The van der Waals surface area contributed by atoms with Gasteiger partial charge in [-0.15, -0.1) is 0 Å². The molecule has 2 aromatic carbocycles. The molecule has 1 aliphatic rings. The van der Waals surface area contributed by atoms with Gasteiger partial charge in [0.05, 0.1) is 6.54 Å². The van der Waals surface area contributed by atoms with E-state index in [0.717, 1.165) is 11.3 Å². The van der Waals surface area contributed by atoms with E-state index in [1.807, 2.05) is 24.3 Å². The van der Waals surface area contributed by atoms with Gasteiger partial charge in [-0.05, 0) is 43.3 Å². The molecular weight excluding hydrogens is 334 g/mol. The summed E-state index contributed by atoms with van der Waals surface area (Å²) in [7, 11) is 0. The molecule has 1 amide bonds. The second-order valence-electron chi connectivity index (χ2n) is 5.93. The summed E-state index contributed by atoms with van der Waals surface area (Å²) in [6.07, 6.45) is -0.227. The number of aromatic nitrogens is 2. The second-order valence-corrected chi connectivity index (χ2v) is 5.93. The predicted octanol–water partition coefficient (Wildman–Crippen LogP) is 2.61. The predicted molar refractivity (Wildman–Crippen MR) is 93.2 cm³/mol. The second kappa shape index (κ2) is 6.87. The maximum Gasteiger partial charge on any atom is 0.257 e. The van der Waals surface area contributed by atoms with E-state index >= 15 is 0 Å². The number of para-hydroxylation sites is 2. The molecule has 0 saturated carbocycles. The molecule has 0 radical (unpaired) electrons. The topological polar surface area (TPSA) is 86.5 Å². The first-order chi connectivity index (χ1) is 12.7. The maximum absolute atomic E-state index is 12.3. The van der Waals surface area contributed by atoms with Gasteiger partial charge in [0.2, 0.25) is 0 Å². The molecule has 0 spiro atoms. The van der Waals surface area contributed by atoms with Crippen LogP contribution in [0.15, 0.2) is 53.1 Å². The van der Waals surface area contributed by atoms with Crippen LogP contribution >= 0.6 is 0 Å². The molecule has 4 rings (SSSR count). The minimum Gasteiger partial charge on any atom is -0.486 e. The number of hydrogen-bond acceptors (Lipinski definition) is 6. The number of carbonyl (C=O) groups is 1. The molecule has 1 aliphatic heterocycles. The van der Waals surface area contributed by atoms with E-state index in [9.17, 15) is 4.79 Å². The van der Waals surface area contributed by atoms with Crippen LogP contribution in [0.3, 0.4) is 0 Å². The van der Waals surface area contributed by atoms with E-state index in [0.29, 0.717) is 36.2 Å². The Hall–Kier alpha value is -3.35. The minimum atomic E-state index is -0.227. The van der Waals surface area contributed by atoms with Crippen molar-refractivity contribution in [3.63, 3.8) is 0 Å². The molecule has 0 fully saturated rings. The Kier molecular flexibility index (Phi) is 4.27. The van der Waals surface area contributed by atoms with Gasteiger partial charge in [0.1, 0.15) is 12.7 Å². The number of benzene rings is 2. The lowest BCUT2D eigenvalue weighted by Gasteiger charge is -2.26. The van der Waals surface area contributed by atoms with E-state index in [1.165, 1.54) is 0 Å². The molecule has 132 valence electrons. The lowest BCUT2D eigenvalue weighted by atomic mass is 10.1. The summed E-state index contributed by atoms with van der Waals surface area (Å²) in [5, 5.41) is 6.62. The molecule has 1 aromatic heterocycles. The van der Waals surface area contributed by atoms with Crippen molar-refractivity contribution in [2.45, 2.75) is 13.0 Å². The van der Waals surface area contributed by atoms with E-state index in [4.69, 9.17) is 14.0 Å². The summed E-state index contributed by atoms with van der Waals surface area (Å²) in [4.78, 5) is 16.5. The first kappa shape index (κ1) is 16.1. The van der Waals surface area contributed by atoms with Crippen molar-refractivity contribution in [3.8, 4) is 23.0 Å². The Morgan fingerprint density at radius 2 is 1.92 bits per heavy atom. The third-order valence-corrected chi connectivity index (χ3v) is 3.98. The number of carbonyl (C=O) groups excluding carboxylic acids is 1. The number of amides is 1. The summed E-state index contributed by atoms with van der Waals surface area (Å²) in [5.41, 5.74) is 1.31. The van der Waals surface area contributed by atoms with Crippen LogP contribution in [0, 0.1) is 6.92 Å². The molecule has 0 bridgehead atoms. The highest BCUT2D eigenvalue weighted by Crippen LogP contribution is 2.30. The molecule has 0 saturated heterocycles. The Labute approximate surface area is 149 Å². The van der Waals surface area contributed by atoms with Crippen molar-refractivity contribution in [2.24, 2.45) is 0 Å². The van der Waals surface area contributed by atoms with Gasteiger partial charge < -0.3 is 19.3 Å². The van der Waals surface area contributed by atoms with Gasteiger partial charge in [-0.1, -0.05) is 17.3 Å². The summed E-state index contributed by atoms with van der Waals surface area (Å²) < 4.78 is 16.6. The molecular formula is C19H17N3O4. The third-order valence-electron chi connectivity index (χ3n) is 3.98. The molecule has 1 unspecified atom stereocenters. The van der Waals surface area contributed by atoms with Crippen LogP contribution in [0.2, 0.25) is 0 Å². The fourth-order valence-corrected chi connectivity index (χ4v) is 2.65. The quantitative estimate of drug-likeness (QED) is 0.777. The average Bonchev–Trinajstić information content (AvgIpc) is 3.12. The van der Waals surface area contributed by atoms with E-state index in [1.54, 1.807) is 31.2 Å². The zero-order chi connectivity index (χ0) is 17.9. The van der Waals surface area contributed by atoms with E-state index in [-0.39, 0.29) is 12.0 Å². The van der Waals surface area contributed by atoms with Crippen molar-refractivity contribution in [1.82, 2.24) is 15.5 Å². The monoisotopic (exact) mass is 351 g/mol. The Balaban J connectivity index is 1.35. The van der Waals surface area contributed by atoms with Crippen LogP contribution in [-0.2, 0) is 0 Å². The Morgan fingerprint density at radius 3 is 2.65 bits per heavy atom.